The first kappa shape index (κ1) is 53.0. The Bertz CT molecular complexity index is 2870. The van der Waals surface area contributed by atoms with Gasteiger partial charge in [-0.25, -0.2) is 0 Å². The Morgan fingerprint density at radius 2 is 1.75 bits per heavy atom. The van der Waals surface area contributed by atoms with Gasteiger partial charge in [0, 0.05) is 77.0 Å². The fourth-order valence-corrected chi connectivity index (χ4v) is 10.6. The number of fused-ring (bicyclic) bond motifs is 2. The Labute approximate surface area is 421 Å². The molecule has 3 aliphatic heterocycles. The molecule has 2 saturated heterocycles. The normalized spacial score (nSPS) is 17.6. The van der Waals surface area contributed by atoms with Crippen LogP contribution in [0.5, 0.6) is 0 Å². The van der Waals surface area contributed by atoms with E-state index in [1.165, 1.54) is 26.8 Å². The number of nitrogens with one attached hydrogen (secondary N) is 3. The highest BCUT2D eigenvalue weighted by Gasteiger charge is 2.50. The molecule has 21 heteroatoms. The molecule has 2 fully saturated rings. The van der Waals surface area contributed by atoms with E-state index in [2.05, 4.69) is 43.7 Å². The number of piperidine rings is 1. The number of hydrogen-bond acceptors (Lipinski definition) is 9. The van der Waals surface area contributed by atoms with Crippen molar-refractivity contribution in [3.8, 4) is 11.8 Å². The van der Waals surface area contributed by atoms with Crippen molar-refractivity contribution in [3.05, 3.63) is 98.3 Å². The number of unbranched alkanes of at least 4 members (excludes halogenated alkanes) is 3. The van der Waals surface area contributed by atoms with Gasteiger partial charge in [0.2, 0.25) is 29.5 Å². The summed E-state index contributed by atoms with van der Waals surface area (Å²) >= 11 is 4.39. The van der Waals surface area contributed by atoms with E-state index < -0.39 is 66.0 Å². The van der Waals surface area contributed by atoms with Gasteiger partial charge in [0.25, 0.3) is 11.8 Å². The zero-order chi connectivity index (χ0) is 51.4. The average Bonchev–Trinajstić information content (AvgIpc) is 4.06. The number of thiophene rings is 1. The van der Waals surface area contributed by atoms with Crippen LogP contribution in [0.3, 0.4) is 0 Å². The predicted molar refractivity (Wildman–Crippen MR) is 265 cm³/mol. The minimum Gasteiger partial charge on any atom is -0.356 e. The minimum absolute atomic E-state index is 0.0207. The first-order chi connectivity index (χ1) is 33.5. The monoisotopic (exact) mass is 1080 g/mol. The van der Waals surface area contributed by atoms with E-state index in [9.17, 15) is 56.7 Å². The van der Waals surface area contributed by atoms with Crippen molar-refractivity contribution in [3.63, 3.8) is 0 Å². The van der Waals surface area contributed by atoms with Gasteiger partial charge in [-0.15, -0.1) is 11.3 Å². The van der Waals surface area contributed by atoms with E-state index in [1.54, 1.807) is 57.2 Å². The Balaban J connectivity index is 0.922. The second-order valence-corrected chi connectivity index (χ2v) is 22.5. The number of halogens is 3. The summed E-state index contributed by atoms with van der Waals surface area (Å²) in [5, 5.41) is 8.21. The summed E-state index contributed by atoms with van der Waals surface area (Å²) in [6.07, 6.45) is 4.09. The first-order valence-electron chi connectivity index (χ1n) is 23.2. The van der Waals surface area contributed by atoms with Gasteiger partial charge in [0.15, 0.2) is 0 Å². The van der Waals surface area contributed by atoms with E-state index in [4.69, 9.17) is 0 Å². The number of hydrogen-bond donors (Lipinski definition) is 5. The van der Waals surface area contributed by atoms with E-state index >= 15 is 0 Å². The number of nitrogens with zero attached hydrogens (tertiary/aromatic N) is 3. The summed E-state index contributed by atoms with van der Waals surface area (Å²) in [7, 11) is -5.83. The van der Waals surface area contributed by atoms with Crippen LogP contribution in [0.25, 0.3) is 10.1 Å². The van der Waals surface area contributed by atoms with Crippen molar-refractivity contribution in [2.45, 2.75) is 109 Å². The highest BCUT2D eigenvalue weighted by Crippen LogP contribution is 2.59. The summed E-state index contributed by atoms with van der Waals surface area (Å²) in [6, 6.07) is 14.0. The molecule has 4 aromatic rings. The van der Waals surface area contributed by atoms with E-state index in [-0.39, 0.29) is 66.9 Å². The number of rotatable bonds is 16. The van der Waals surface area contributed by atoms with Crippen molar-refractivity contribution in [1.29, 1.82) is 0 Å². The fraction of sp³-hybridized carbons (Fsp3) is 0.420. The summed E-state index contributed by atoms with van der Waals surface area (Å²) in [5.41, 5.74) is -3.70. The van der Waals surface area contributed by atoms with Crippen LogP contribution < -0.4 is 20.9 Å². The van der Waals surface area contributed by atoms with Gasteiger partial charge in [0.1, 0.15) is 18.1 Å². The Kier molecular flexibility index (Phi) is 16.3. The smallest absolute Gasteiger partial charge is 0.356 e. The molecule has 1 aromatic heterocycles. The lowest BCUT2D eigenvalue weighted by atomic mass is 9.85. The Hall–Kier alpha value is -5.84. The third kappa shape index (κ3) is 12.1. The maximum absolute atomic E-state index is 14.5. The zero-order valence-electron chi connectivity index (χ0n) is 39.3. The van der Waals surface area contributed by atoms with Crippen LogP contribution in [0.1, 0.15) is 115 Å². The van der Waals surface area contributed by atoms with Gasteiger partial charge in [0.05, 0.1) is 4.88 Å². The van der Waals surface area contributed by atoms with Gasteiger partial charge < -0.3 is 35.1 Å². The van der Waals surface area contributed by atoms with E-state index in [1.807, 2.05) is 6.07 Å². The molecule has 7 rings (SSSR count). The lowest BCUT2D eigenvalue weighted by Crippen LogP contribution is -2.58. The quantitative estimate of drug-likeness (QED) is 0.0337. The highest BCUT2D eigenvalue weighted by atomic mass is 79.9. The molecule has 3 aromatic carbocycles. The van der Waals surface area contributed by atoms with Crippen LogP contribution in [0, 0.1) is 17.3 Å². The zero-order valence-corrected chi connectivity index (χ0v) is 42.6. The third-order valence-electron chi connectivity index (χ3n) is 12.7. The molecule has 0 spiro atoms. The predicted octanol–water partition coefficient (Wildman–Crippen LogP) is 6.94. The molecular formula is C50H54BrF2N6O10PS. The summed E-state index contributed by atoms with van der Waals surface area (Å²) in [4.78, 5) is 116. The number of imide groups is 1. The first-order valence-corrected chi connectivity index (χ1v) is 26.5. The fourth-order valence-electron chi connectivity index (χ4n) is 8.89. The summed E-state index contributed by atoms with van der Waals surface area (Å²) in [6.45, 7) is 6.18. The average molecular weight is 1080 g/mol. The maximum atomic E-state index is 14.5. The van der Waals surface area contributed by atoms with Gasteiger partial charge in [-0.3, -0.25) is 43.4 Å². The lowest BCUT2D eigenvalue weighted by molar-refractivity contribution is -0.141. The van der Waals surface area contributed by atoms with Gasteiger partial charge >= 0.3 is 13.3 Å². The van der Waals surface area contributed by atoms with Gasteiger partial charge in [-0.05, 0) is 103 Å². The van der Waals surface area contributed by atoms with Crippen molar-refractivity contribution in [1.82, 2.24) is 25.8 Å². The largest absolute Gasteiger partial charge is 0.399 e. The van der Waals surface area contributed by atoms with Gasteiger partial charge in [-0.1, -0.05) is 67.1 Å². The van der Waals surface area contributed by atoms with Crippen LogP contribution >= 0.6 is 34.9 Å². The molecule has 4 heterocycles. The molecule has 3 unspecified atom stereocenters. The van der Waals surface area contributed by atoms with Crippen LogP contribution in [0.2, 0.25) is 0 Å². The number of benzene rings is 3. The molecule has 0 radical (unpaired) electrons. The Morgan fingerprint density at radius 3 is 2.45 bits per heavy atom. The highest BCUT2D eigenvalue weighted by molar-refractivity contribution is 9.10. The molecule has 0 aliphatic carbocycles. The van der Waals surface area contributed by atoms with Gasteiger partial charge in [-0.2, -0.15) is 8.78 Å². The molecule has 16 nitrogen and oxygen atoms in total. The van der Waals surface area contributed by atoms with Crippen molar-refractivity contribution in [2.24, 2.45) is 5.41 Å². The second kappa shape index (κ2) is 21.9. The maximum Gasteiger partial charge on any atom is 0.399 e. The number of carbonyl (C=O) groups excluding carboxylic acids is 7. The summed E-state index contributed by atoms with van der Waals surface area (Å²) < 4.78 is 41.6. The second-order valence-electron chi connectivity index (χ2n) is 18.8. The molecule has 3 aliphatic rings. The van der Waals surface area contributed by atoms with Crippen molar-refractivity contribution >= 4 is 92.0 Å². The van der Waals surface area contributed by atoms with Crippen molar-refractivity contribution in [2.75, 3.05) is 24.5 Å². The van der Waals surface area contributed by atoms with E-state index in [0.717, 1.165) is 46.3 Å². The van der Waals surface area contributed by atoms with Crippen LogP contribution in [0.15, 0.2) is 71.2 Å². The standard InChI is InChI=1S/C50H54BrF2N6O10PS/c1-49(2,3)43(56-45(63)40-28-31-27-32(15-21-39(31)71-40)50(52,53)70(67,68)69)48(66)58-25-10-14-38(58)47(65)57(34-18-16-33(51)17-19-34)26-23-41(60)54-24-8-6-4-5-7-11-30-12-9-13-35-36(30)29-59(46(35)64)37-20-22-42(61)55-44(37)62/h9,12-13,15-19,21,27-28,37-38,43H,4-6,8,10,14,20,22-26,29H2,1-3H3,(H,54,60)(H,56,63)(H,55,61,62)(H2,67,68,69). The van der Waals surface area contributed by atoms with Crippen LogP contribution in [-0.4, -0.2) is 98.7 Å². The molecule has 3 atom stereocenters. The minimum atomic E-state index is -5.83. The number of amides is 7. The summed E-state index contributed by atoms with van der Waals surface area (Å²) in [5.74, 6) is 3.46. The lowest BCUT2D eigenvalue weighted by Gasteiger charge is -2.36. The third-order valence-corrected chi connectivity index (χ3v) is 15.4. The molecule has 5 N–H and O–H groups in total. The molecule has 0 saturated carbocycles. The number of alkyl halides is 2. The van der Waals surface area contributed by atoms with E-state index in [0.29, 0.717) is 53.7 Å². The molecule has 7 amide bonds. The molecular weight excluding hydrogens is 1030 g/mol. The van der Waals surface area contributed by atoms with Crippen LogP contribution in [-0.2, 0) is 40.7 Å². The molecule has 71 heavy (non-hydrogen) atoms. The topological polar surface area (TPSA) is 223 Å². The van der Waals surface area contributed by atoms with Crippen molar-refractivity contribution < 1.29 is 56.7 Å². The van der Waals surface area contributed by atoms with Crippen LogP contribution in [0.4, 0.5) is 14.5 Å². The molecule has 376 valence electrons. The number of anilines is 1. The SMILES string of the molecule is CC(C)(C)C(NC(=O)c1cc2cc(C(F)(F)P(=O)(O)O)ccc2s1)C(=O)N1CCCC1C(=O)N(CCC(=O)NCCCCCC#Cc1cccc2c1CN(C1CCC(=O)NC1=O)C2=O)c1ccc(Br)cc1. The molecule has 0 bridgehead atoms. The Morgan fingerprint density at radius 1 is 1.00 bits per heavy atom. The number of likely N-dealkylation sites (tertiary alicyclic amines) is 1. The number of carbonyl (C=O) groups is 7.